The van der Waals surface area contributed by atoms with Crippen LogP contribution < -0.4 is 9.47 Å². The molecule has 0 spiro atoms. The maximum absolute atomic E-state index is 5.52. The van der Waals surface area contributed by atoms with E-state index in [1.165, 1.54) is 22.6 Å². The zero-order chi connectivity index (χ0) is 17.5. The Morgan fingerprint density at radius 3 is 3.00 bits per heavy atom. The van der Waals surface area contributed by atoms with Crippen molar-refractivity contribution < 1.29 is 14.0 Å². The van der Waals surface area contributed by atoms with Crippen LogP contribution in [0.25, 0.3) is 11.4 Å². The third kappa shape index (κ3) is 2.87. The first-order valence-corrected chi connectivity index (χ1v) is 9.61. The third-order valence-electron chi connectivity index (χ3n) is 4.89. The van der Waals surface area contributed by atoms with Gasteiger partial charge in [0.15, 0.2) is 11.5 Å². The lowest BCUT2D eigenvalue weighted by Crippen LogP contribution is -2.22. The first kappa shape index (κ1) is 15.8. The number of hydrogen-bond donors (Lipinski definition) is 0. The molecule has 26 heavy (non-hydrogen) atoms. The molecule has 0 N–H and O–H groups in total. The van der Waals surface area contributed by atoms with Gasteiger partial charge in [-0.25, -0.2) is 0 Å². The van der Waals surface area contributed by atoms with Crippen LogP contribution in [0.2, 0.25) is 0 Å². The summed E-state index contributed by atoms with van der Waals surface area (Å²) in [5.74, 6) is 2.71. The van der Waals surface area contributed by atoms with Crippen molar-refractivity contribution in [1.29, 1.82) is 0 Å². The molecule has 0 saturated carbocycles. The second-order valence-corrected chi connectivity index (χ2v) is 7.98. The molecule has 2 aliphatic heterocycles. The second-order valence-electron chi connectivity index (χ2n) is 6.66. The minimum absolute atomic E-state index is 0.259. The number of aryl methyl sites for hydroxylation is 1. The van der Waals surface area contributed by atoms with Crippen LogP contribution in [0.1, 0.15) is 34.5 Å². The Labute approximate surface area is 155 Å². The van der Waals surface area contributed by atoms with Crippen molar-refractivity contribution in [3.63, 3.8) is 0 Å². The number of ether oxygens (including phenoxy) is 2. The van der Waals surface area contributed by atoms with Gasteiger partial charge in [-0.15, -0.1) is 11.3 Å². The highest BCUT2D eigenvalue weighted by molar-refractivity contribution is 7.12. The third-order valence-corrected chi connectivity index (χ3v) is 5.99. The molecule has 6 nitrogen and oxygen atoms in total. The topological polar surface area (TPSA) is 60.6 Å². The molecule has 2 aliphatic rings. The molecule has 1 fully saturated rings. The van der Waals surface area contributed by atoms with Crippen LogP contribution in [0.5, 0.6) is 11.5 Å². The maximum Gasteiger partial charge on any atom is 0.241 e. The lowest BCUT2D eigenvalue weighted by Gasteiger charge is -2.21. The van der Waals surface area contributed by atoms with Crippen molar-refractivity contribution in [2.45, 2.75) is 32.4 Å². The number of thiophene rings is 1. The van der Waals surface area contributed by atoms with Crippen LogP contribution in [0.4, 0.5) is 0 Å². The van der Waals surface area contributed by atoms with Crippen molar-refractivity contribution in [1.82, 2.24) is 15.0 Å². The van der Waals surface area contributed by atoms with Gasteiger partial charge in [0.25, 0.3) is 0 Å². The molecule has 1 aromatic carbocycles. The standard InChI is InChI=1S/C19H19N3O3S/c1-12-4-7-17(26-12)14-3-2-8-22(14)10-18-20-19(21-25-18)13-5-6-15-16(9-13)24-11-23-15/h4-7,9,14H,2-3,8,10-11H2,1H3. The summed E-state index contributed by atoms with van der Waals surface area (Å²) >= 11 is 1.88. The van der Waals surface area contributed by atoms with Crippen LogP contribution >= 0.6 is 11.3 Å². The Morgan fingerprint density at radius 2 is 2.12 bits per heavy atom. The number of rotatable bonds is 4. The summed E-state index contributed by atoms with van der Waals surface area (Å²) in [6.07, 6.45) is 2.38. The first-order chi connectivity index (χ1) is 12.8. The van der Waals surface area contributed by atoms with Gasteiger partial charge in [-0.2, -0.15) is 4.98 Å². The first-order valence-electron chi connectivity index (χ1n) is 8.79. The van der Waals surface area contributed by atoms with Gasteiger partial charge in [0.05, 0.1) is 6.54 Å². The fourth-order valence-electron chi connectivity index (χ4n) is 3.62. The molecular formula is C19H19N3O3S. The number of likely N-dealkylation sites (tertiary alicyclic amines) is 1. The molecule has 0 bridgehead atoms. The molecule has 4 heterocycles. The van der Waals surface area contributed by atoms with Gasteiger partial charge >= 0.3 is 0 Å². The van der Waals surface area contributed by atoms with Gasteiger partial charge in [-0.1, -0.05) is 5.16 Å². The highest BCUT2D eigenvalue weighted by Gasteiger charge is 2.28. The highest BCUT2D eigenvalue weighted by atomic mass is 32.1. The molecule has 0 aliphatic carbocycles. The number of nitrogens with zero attached hydrogens (tertiary/aromatic N) is 3. The summed E-state index contributed by atoms with van der Waals surface area (Å²) in [6.45, 7) is 4.15. The van der Waals surface area contributed by atoms with Crippen LogP contribution in [0, 0.1) is 6.92 Å². The Kier molecular flexibility index (Phi) is 3.90. The van der Waals surface area contributed by atoms with Crippen LogP contribution in [-0.2, 0) is 6.54 Å². The van der Waals surface area contributed by atoms with E-state index in [-0.39, 0.29) is 6.79 Å². The molecule has 134 valence electrons. The lowest BCUT2D eigenvalue weighted by atomic mass is 10.2. The predicted octanol–water partition coefficient (Wildman–Crippen LogP) is 4.17. The fraction of sp³-hybridized carbons (Fsp3) is 0.368. The number of hydrogen-bond acceptors (Lipinski definition) is 7. The van der Waals surface area contributed by atoms with Crippen LogP contribution in [0.15, 0.2) is 34.9 Å². The fourth-order valence-corrected chi connectivity index (χ4v) is 4.66. The Bertz CT molecular complexity index is 936. The van der Waals surface area contributed by atoms with Gasteiger partial charge in [0.2, 0.25) is 18.5 Å². The Morgan fingerprint density at radius 1 is 1.19 bits per heavy atom. The van der Waals surface area contributed by atoms with E-state index in [4.69, 9.17) is 14.0 Å². The van der Waals surface area contributed by atoms with E-state index in [1.807, 2.05) is 29.5 Å². The SMILES string of the molecule is Cc1ccc(C2CCCN2Cc2nc(-c3ccc4c(c3)OCO4)no2)s1. The molecule has 5 rings (SSSR count). The number of benzene rings is 1. The van der Waals surface area contributed by atoms with Crippen LogP contribution in [-0.4, -0.2) is 28.4 Å². The van der Waals surface area contributed by atoms with Crippen molar-refractivity contribution in [2.24, 2.45) is 0 Å². The van der Waals surface area contributed by atoms with Gasteiger partial charge in [0, 0.05) is 21.4 Å². The van der Waals surface area contributed by atoms with E-state index in [2.05, 4.69) is 34.1 Å². The van der Waals surface area contributed by atoms with Gasteiger partial charge in [-0.05, 0) is 56.6 Å². The molecular weight excluding hydrogens is 350 g/mol. The van der Waals surface area contributed by atoms with E-state index >= 15 is 0 Å². The van der Waals surface area contributed by atoms with Gasteiger partial charge in [-0.3, -0.25) is 4.90 Å². The van der Waals surface area contributed by atoms with Crippen molar-refractivity contribution in [3.05, 3.63) is 46.0 Å². The van der Waals surface area contributed by atoms with E-state index < -0.39 is 0 Å². The molecule has 0 radical (unpaired) electrons. The van der Waals surface area contributed by atoms with E-state index in [9.17, 15) is 0 Å². The molecule has 1 saturated heterocycles. The molecule has 7 heteroatoms. The molecule has 1 unspecified atom stereocenters. The Hall–Kier alpha value is -2.38. The van der Waals surface area contributed by atoms with Crippen LogP contribution in [0.3, 0.4) is 0 Å². The minimum atomic E-state index is 0.259. The maximum atomic E-state index is 5.52. The normalized spacial score (nSPS) is 19.3. The molecule has 0 amide bonds. The summed E-state index contributed by atoms with van der Waals surface area (Å²) in [5, 5.41) is 4.15. The molecule has 2 aromatic heterocycles. The summed E-state index contributed by atoms with van der Waals surface area (Å²) in [4.78, 5) is 9.81. The van der Waals surface area contributed by atoms with Gasteiger partial charge in [0.1, 0.15) is 0 Å². The van der Waals surface area contributed by atoms with Crippen molar-refractivity contribution >= 4 is 11.3 Å². The molecule has 3 aromatic rings. The predicted molar refractivity (Wildman–Crippen MR) is 97.3 cm³/mol. The largest absolute Gasteiger partial charge is 0.454 e. The Balaban J connectivity index is 1.34. The minimum Gasteiger partial charge on any atom is -0.454 e. The molecule has 1 atom stereocenters. The van der Waals surface area contributed by atoms with Gasteiger partial charge < -0.3 is 14.0 Å². The number of fused-ring (bicyclic) bond motifs is 1. The lowest BCUT2D eigenvalue weighted by molar-refractivity contribution is 0.174. The van der Waals surface area contributed by atoms with Crippen molar-refractivity contribution in [3.8, 4) is 22.9 Å². The zero-order valence-corrected chi connectivity index (χ0v) is 15.3. The number of aromatic nitrogens is 2. The average Bonchev–Trinajstić information content (AvgIpc) is 3.41. The monoisotopic (exact) mass is 369 g/mol. The summed E-state index contributed by atoms with van der Waals surface area (Å²) in [6, 6.07) is 10.6. The van der Waals surface area contributed by atoms with E-state index in [0.717, 1.165) is 23.6 Å². The summed E-state index contributed by atoms with van der Waals surface area (Å²) < 4.78 is 16.3. The smallest absolute Gasteiger partial charge is 0.241 e. The van der Waals surface area contributed by atoms with E-state index in [0.29, 0.717) is 24.3 Å². The average molecular weight is 369 g/mol. The van der Waals surface area contributed by atoms with Crippen molar-refractivity contribution in [2.75, 3.05) is 13.3 Å². The zero-order valence-electron chi connectivity index (χ0n) is 14.5. The highest BCUT2D eigenvalue weighted by Crippen LogP contribution is 2.37. The summed E-state index contributed by atoms with van der Waals surface area (Å²) in [7, 11) is 0. The second kappa shape index (κ2) is 6.41. The quantitative estimate of drug-likeness (QED) is 0.688. The summed E-state index contributed by atoms with van der Waals surface area (Å²) in [5.41, 5.74) is 0.871. The van der Waals surface area contributed by atoms with E-state index in [1.54, 1.807) is 0 Å².